The lowest BCUT2D eigenvalue weighted by Gasteiger charge is -2.33. The second kappa shape index (κ2) is 10.7. The average molecular weight is 411 g/mol. The van der Waals surface area contributed by atoms with Crippen LogP contribution in [0.1, 0.15) is 69.2 Å². The molecular weight excluding hydrogens is 376 g/mol. The van der Waals surface area contributed by atoms with E-state index in [-0.39, 0.29) is 22.9 Å². The van der Waals surface area contributed by atoms with Crippen molar-refractivity contribution in [1.82, 2.24) is 9.55 Å². The van der Waals surface area contributed by atoms with E-state index in [1.54, 1.807) is 11.7 Å². The summed E-state index contributed by atoms with van der Waals surface area (Å²) in [6.07, 6.45) is 3.89. The molecule has 0 saturated carbocycles. The topological polar surface area (TPSA) is 88.9 Å². The molecule has 0 saturated heterocycles. The molecule has 0 amide bonds. The summed E-state index contributed by atoms with van der Waals surface area (Å²) >= 11 is 0. The van der Waals surface area contributed by atoms with Crippen molar-refractivity contribution in [1.29, 1.82) is 0 Å². The zero-order valence-corrected chi connectivity index (χ0v) is 18.3. The molecule has 1 aliphatic heterocycles. The first-order chi connectivity index (χ1) is 13.9. The maximum atomic E-state index is 13.4. The van der Waals surface area contributed by atoms with Crippen LogP contribution in [0, 0.1) is 5.92 Å². The normalized spacial score (nSPS) is 21.3. The summed E-state index contributed by atoms with van der Waals surface area (Å²) < 4.78 is 23.6. The van der Waals surface area contributed by atoms with Crippen LogP contribution >= 0.6 is 0 Å². The van der Waals surface area contributed by atoms with Crippen molar-refractivity contribution in [3.05, 3.63) is 21.9 Å². The van der Waals surface area contributed by atoms with Gasteiger partial charge < -0.3 is 18.9 Å². The summed E-state index contributed by atoms with van der Waals surface area (Å²) in [4.78, 5) is 30.5. The lowest BCUT2D eigenvalue weighted by atomic mass is 9.91. The van der Waals surface area contributed by atoms with E-state index in [9.17, 15) is 9.59 Å². The number of fused-ring (bicyclic) bond motifs is 1. The van der Waals surface area contributed by atoms with Gasteiger partial charge in [-0.2, -0.15) is 0 Å². The molecule has 0 N–H and O–H groups in total. The van der Waals surface area contributed by atoms with Gasteiger partial charge in [0.1, 0.15) is 11.4 Å². The minimum atomic E-state index is -0.771. The van der Waals surface area contributed by atoms with Gasteiger partial charge >= 0.3 is 5.97 Å². The van der Waals surface area contributed by atoms with Crippen LogP contribution in [-0.4, -0.2) is 49.6 Å². The fourth-order valence-electron chi connectivity index (χ4n) is 3.63. The number of carbonyl (C=O) groups excluding carboxylic acids is 1. The van der Waals surface area contributed by atoms with Gasteiger partial charge in [-0.3, -0.25) is 9.36 Å². The minimum absolute atomic E-state index is 0.0370. The first-order valence-electron chi connectivity index (χ1n) is 10.4. The molecule has 8 heteroatoms. The van der Waals surface area contributed by atoms with Gasteiger partial charge in [-0.25, -0.2) is 9.78 Å². The largest absolute Gasteiger partial charge is 0.486 e. The van der Waals surface area contributed by atoms with Gasteiger partial charge in [-0.1, -0.05) is 27.2 Å². The van der Waals surface area contributed by atoms with Crippen LogP contribution in [0.4, 0.5) is 0 Å². The van der Waals surface area contributed by atoms with Gasteiger partial charge in [0.2, 0.25) is 5.75 Å². The lowest BCUT2D eigenvalue weighted by Crippen LogP contribution is -2.39. The van der Waals surface area contributed by atoms with E-state index in [2.05, 4.69) is 11.9 Å². The highest BCUT2D eigenvalue weighted by Gasteiger charge is 2.41. The maximum Gasteiger partial charge on any atom is 0.360 e. The molecule has 2 unspecified atom stereocenters. The highest BCUT2D eigenvalue weighted by atomic mass is 16.5. The predicted octanol–water partition coefficient (Wildman–Crippen LogP) is 2.91. The summed E-state index contributed by atoms with van der Waals surface area (Å²) in [5.74, 6) is 0.00935. The van der Waals surface area contributed by atoms with E-state index < -0.39 is 11.6 Å². The molecule has 2 rings (SSSR count). The van der Waals surface area contributed by atoms with Crippen molar-refractivity contribution in [3.8, 4) is 5.75 Å². The molecule has 8 nitrogen and oxygen atoms in total. The third kappa shape index (κ3) is 5.17. The summed E-state index contributed by atoms with van der Waals surface area (Å²) in [5, 5.41) is 0. The number of esters is 1. The van der Waals surface area contributed by atoms with Crippen molar-refractivity contribution >= 4 is 5.97 Å². The summed E-state index contributed by atoms with van der Waals surface area (Å²) in [6, 6.07) is 0. The fourth-order valence-corrected chi connectivity index (χ4v) is 3.63. The monoisotopic (exact) mass is 410 g/mol. The number of unbranched alkanes of at least 4 members (excludes halogenated alkanes) is 1. The molecule has 1 aliphatic rings. The number of ether oxygens (including phenoxy) is 4. The maximum absolute atomic E-state index is 13.4. The molecule has 2 heterocycles. The SMILES string of the molecule is CCCCOc1c(C(=O)OC)nc2n(c1=O)CC(C)CCC2(CC)OCCOC. The number of hydrogen-bond donors (Lipinski definition) is 0. The number of methoxy groups -OCH3 is 2. The lowest BCUT2D eigenvalue weighted by molar-refractivity contribution is -0.0833. The first kappa shape index (κ1) is 23.3. The van der Waals surface area contributed by atoms with E-state index in [0.717, 1.165) is 19.3 Å². The Hall–Kier alpha value is -1.93. The van der Waals surface area contributed by atoms with E-state index >= 15 is 0 Å². The summed E-state index contributed by atoms with van der Waals surface area (Å²) in [5.41, 5.74) is -1.20. The van der Waals surface area contributed by atoms with Crippen LogP contribution in [0.15, 0.2) is 4.79 Å². The summed E-state index contributed by atoms with van der Waals surface area (Å²) in [6.45, 7) is 7.78. The van der Waals surface area contributed by atoms with Crippen molar-refractivity contribution in [2.45, 2.75) is 65.0 Å². The van der Waals surface area contributed by atoms with Crippen molar-refractivity contribution in [3.63, 3.8) is 0 Å². The smallest absolute Gasteiger partial charge is 0.360 e. The predicted molar refractivity (Wildman–Crippen MR) is 108 cm³/mol. The minimum Gasteiger partial charge on any atom is -0.486 e. The molecule has 0 bridgehead atoms. The molecule has 164 valence electrons. The number of aromatic nitrogens is 2. The van der Waals surface area contributed by atoms with Crippen LogP contribution < -0.4 is 10.3 Å². The van der Waals surface area contributed by atoms with Crippen molar-refractivity contribution in [2.24, 2.45) is 5.92 Å². The average Bonchev–Trinajstić information content (AvgIpc) is 2.86. The Kier molecular flexibility index (Phi) is 8.64. The Morgan fingerprint density at radius 2 is 2.00 bits per heavy atom. The van der Waals surface area contributed by atoms with Crippen LogP contribution in [0.5, 0.6) is 5.75 Å². The molecule has 2 atom stereocenters. The third-order valence-electron chi connectivity index (χ3n) is 5.43. The Balaban J connectivity index is 2.65. The van der Waals surface area contributed by atoms with Crippen LogP contribution in [0.25, 0.3) is 0 Å². The molecule has 0 spiro atoms. The quantitative estimate of drug-likeness (QED) is 0.433. The van der Waals surface area contributed by atoms with Gasteiger partial charge in [-0.05, 0) is 31.6 Å². The highest BCUT2D eigenvalue weighted by Crippen LogP contribution is 2.38. The van der Waals surface area contributed by atoms with Gasteiger partial charge in [0.05, 0.1) is 26.9 Å². The van der Waals surface area contributed by atoms with Gasteiger partial charge in [0.25, 0.3) is 5.56 Å². The zero-order valence-electron chi connectivity index (χ0n) is 18.3. The van der Waals surface area contributed by atoms with Crippen molar-refractivity contribution < 1.29 is 23.7 Å². The molecule has 0 radical (unpaired) electrons. The highest BCUT2D eigenvalue weighted by molar-refractivity contribution is 5.90. The number of hydrogen-bond acceptors (Lipinski definition) is 7. The standard InChI is InChI=1S/C21H34N2O6/c1-6-8-11-28-17-16(19(25)27-5)22-20-21(7-2,29-13-12-26-4)10-9-15(3)14-23(20)18(17)24/h15H,6-14H2,1-5H3. The van der Waals surface area contributed by atoms with Gasteiger partial charge in [0, 0.05) is 13.7 Å². The van der Waals surface area contributed by atoms with Crippen molar-refractivity contribution in [2.75, 3.05) is 34.0 Å². The van der Waals surface area contributed by atoms with Gasteiger partial charge in [-0.15, -0.1) is 0 Å². The first-order valence-corrected chi connectivity index (χ1v) is 10.4. The number of rotatable bonds is 10. The van der Waals surface area contributed by atoms with Crippen LogP contribution in [0.3, 0.4) is 0 Å². The van der Waals surface area contributed by atoms with E-state index in [4.69, 9.17) is 18.9 Å². The van der Waals surface area contributed by atoms with E-state index in [1.807, 2.05) is 13.8 Å². The molecule has 0 aliphatic carbocycles. The van der Waals surface area contributed by atoms with Gasteiger partial charge in [0.15, 0.2) is 5.69 Å². The zero-order chi connectivity index (χ0) is 21.4. The second-order valence-electron chi connectivity index (χ2n) is 7.56. The third-order valence-corrected chi connectivity index (χ3v) is 5.43. The molecule has 1 aromatic rings. The van der Waals surface area contributed by atoms with Crippen LogP contribution in [-0.2, 0) is 26.4 Å². The van der Waals surface area contributed by atoms with Crippen LogP contribution in [0.2, 0.25) is 0 Å². The molecule has 29 heavy (non-hydrogen) atoms. The molecule has 1 aromatic heterocycles. The Morgan fingerprint density at radius 3 is 2.62 bits per heavy atom. The molecule has 0 aromatic carbocycles. The Labute approximate surface area is 172 Å². The Bertz CT molecular complexity index is 747. The molecular formula is C21H34N2O6. The molecule has 0 fully saturated rings. The number of carbonyl (C=O) groups is 1. The van der Waals surface area contributed by atoms with E-state index in [0.29, 0.717) is 45.0 Å². The van der Waals surface area contributed by atoms with E-state index in [1.165, 1.54) is 7.11 Å². The Morgan fingerprint density at radius 1 is 1.24 bits per heavy atom. The second-order valence-corrected chi connectivity index (χ2v) is 7.56. The number of nitrogens with zero attached hydrogens (tertiary/aromatic N) is 2. The fraction of sp³-hybridized carbons (Fsp3) is 0.762. The summed E-state index contributed by atoms with van der Waals surface area (Å²) in [7, 11) is 2.89.